The monoisotopic (exact) mass is 291 g/mol. The van der Waals surface area contributed by atoms with Crippen molar-refractivity contribution in [3.05, 3.63) is 0 Å². The van der Waals surface area contributed by atoms with Crippen molar-refractivity contribution in [1.29, 1.82) is 0 Å². The number of amides is 1. The molecule has 1 unspecified atom stereocenters. The lowest BCUT2D eigenvalue weighted by molar-refractivity contribution is -0.120. The molecule has 86 valence electrons. The highest BCUT2D eigenvalue weighted by Gasteiger charge is 2.42. The third-order valence-corrected chi connectivity index (χ3v) is 5.21. The van der Waals surface area contributed by atoms with Crippen LogP contribution in [0.25, 0.3) is 0 Å². The van der Waals surface area contributed by atoms with E-state index in [2.05, 4.69) is 21.2 Å². The first-order chi connectivity index (χ1) is 7.26. The second-order valence-corrected chi connectivity index (χ2v) is 6.76. The molecule has 1 aliphatic heterocycles. The topological polar surface area (TPSA) is 29.1 Å². The lowest BCUT2D eigenvalue weighted by Gasteiger charge is -2.16. The Labute approximate surface area is 104 Å². The maximum Gasteiger partial charge on any atom is 0.233 e. The Morgan fingerprint density at radius 1 is 1.53 bits per heavy atom. The number of hydrogen-bond donors (Lipinski definition) is 1. The van der Waals surface area contributed by atoms with Gasteiger partial charge in [-0.15, -0.1) is 11.8 Å². The number of rotatable bonds is 5. The number of halogens is 1. The van der Waals surface area contributed by atoms with Crippen LogP contribution >= 0.6 is 27.7 Å². The van der Waals surface area contributed by atoms with E-state index in [0.717, 1.165) is 24.0 Å². The van der Waals surface area contributed by atoms with Gasteiger partial charge in [0.2, 0.25) is 5.91 Å². The van der Waals surface area contributed by atoms with Crippen LogP contribution in [0.1, 0.15) is 32.1 Å². The number of alkyl halides is 1. The average molecular weight is 292 g/mol. The summed E-state index contributed by atoms with van der Waals surface area (Å²) in [5.74, 6) is 1.43. The molecule has 4 heteroatoms. The van der Waals surface area contributed by atoms with Gasteiger partial charge in [0.25, 0.3) is 0 Å². The lowest BCUT2D eigenvalue weighted by atomic mass is 10.0. The molecule has 1 aliphatic carbocycles. The third-order valence-electron chi connectivity index (χ3n) is 3.44. The molecule has 0 radical (unpaired) electrons. The fourth-order valence-electron chi connectivity index (χ4n) is 2.07. The molecule has 2 nitrogen and oxygen atoms in total. The van der Waals surface area contributed by atoms with Crippen LogP contribution in [0.3, 0.4) is 0 Å². The zero-order valence-corrected chi connectivity index (χ0v) is 11.3. The van der Waals surface area contributed by atoms with E-state index in [1.165, 1.54) is 25.7 Å². The third kappa shape index (κ3) is 3.13. The van der Waals surface area contributed by atoms with E-state index in [-0.39, 0.29) is 11.2 Å². The van der Waals surface area contributed by atoms with Crippen molar-refractivity contribution < 1.29 is 4.79 Å². The molecule has 1 saturated carbocycles. The van der Waals surface area contributed by atoms with Gasteiger partial charge in [0.15, 0.2) is 0 Å². The molecule has 0 aromatic heterocycles. The Bertz CT molecular complexity index is 237. The number of carbonyl (C=O) groups is 1. The van der Waals surface area contributed by atoms with Gasteiger partial charge in [0.05, 0.1) is 5.25 Å². The van der Waals surface area contributed by atoms with Crippen LogP contribution in [0.2, 0.25) is 0 Å². The summed E-state index contributed by atoms with van der Waals surface area (Å²) in [7, 11) is 0. The Kier molecular flexibility index (Phi) is 3.99. The molecule has 1 heterocycles. The maximum absolute atomic E-state index is 11.8. The first kappa shape index (κ1) is 11.8. The minimum Gasteiger partial charge on any atom is -0.355 e. The highest BCUT2D eigenvalue weighted by atomic mass is 79.9. The van der Waals surface area contributed by atoms with Crippen molar-refractivity contribution in [1.82, 2.24) is 5.32 Å². The van der Waals surface area contributed by atoms with Gasteiger partial charge < -0.3 is 5.32 Å². The van der Waals surface area contributed by atoms with Gasteiger partial charge in [0.1, 0.15) is 0 Å². The van der Waals surface area contributed by atoms with Gasteiger partial charge in [-0.05, 0) is 43.3 Å². The van der Waals surface area contributed by atoms with E-state index in [1.54, 1.807) is 0 Å². The van der Waals surface area contributed by atoms with Gasteiger partial charge in [-0.1, -0.05) is 15.9 Å². The summed E-state index contributed by atoms with van der Waals surface area (Å²) in [6.07, 6.45) is 6.05. The van der Waals surface area contributed by atoms with Crippen LogP contribution < -0.4 is 5.32 Å². The second-order valence-electron chi connectivity index (χ2n) is 4.66. The first-order valence-corrected chi connectivity index (χ1v) is 7.88. The number of hydrogen-bond acceptors (Lipinski definition) is 2. The molecule has 15 heavy (non-hydrogen) atoms. The summed E-state index contributed by atoms with van der Waals surface area (Å²) in [6.45, 7) is 0.897. The summed E-state index contributed by atoms with van der Waals surface area (Å²) >= 11 is 5.30. The van der Waals surface area contributed by atoms with Crippen molar-refractivity contribution >= 4 is 33.6 Å². The molecule has 0 aromatic carbocycles. The first-order valence-electron chi connectivity index (χ1n) is 5.71. The van der Waals surface area contributed by atoms with Gasteiger partial charge in [-0.25, -0.2) is 0 Å². The summed E-state index contributed by atoms with van der Waals surface area (Å²) < 4.78 is 0. The minimum absolute atomic E-state index is 0.241. The van der Waals surface area contributed by atoms with Crippen molar-refractivity contribution in [3.8, 4) is 0 Å². The maximum atomic E-state index is 11.8. The Hall–Kier alpha value is 0.300. The summed E-state index contributed by atoms with van der Waals surface area (Å²) in [6, 6.07) is 0. The molecule has 1 amide bonds. The summed E-state index contributed by atoms with van der Waals surface area (Å²) in [5.41, 5.74) is 0.447. The molecule has 1 N–H and O–H groups in total. The Balaban J connectivity index is 1.70. The van der Waals surface area contributed by atoms with Crippen molar-refractivity contribution in [2.24, 2.45) is 5.41 Å². The van der Waals surface area contributed by atoms with E-state index in [9.17, 15) is 4.79 Å². The molecule has 2 fully saturated rings. The summed E-state index contributed by atoms with van der Waals surface area (Å²) in [4.78, 5) is 11.8. The molecule has 0 aromatic rings. The van der Waals surface area contributed by atoms with Crippen LogP contribution in [0, 0.1) is 5.41 Å². The smallest absolute Gasteiger partial charge is 0.233 e. The Morgan fingerprint density at radius 2 is 2.33 bits per heavy atom. The van der Waals surface area contributed by atoms with Crippen LogP contribution in [-0.4, -0.2) is 28.8 Å². The number of nitrogens with one attached hydrogen (secondary N) is 1. The van der Waals surface area contributed by atoms with Crippen LogP contribution in [0.5, 0.6) is 0 Å². The SMILES string of the molecule is O=C(NCC1(CCBr)CC1)C1CCCS1. The standard InChI is InChI=1S/C11H18BrNOS/c12-6-5-11(3-4-11)8-13-10(14)9-2-1-7-15-9/h9H,1-8H2,(H,13,14). The predicted molar refractivity (Wildman–Crippen MR) is 68.6 cm³/mol. The van der Waals surface area contributed by atoms with E-state index in [1.807, 2.05) is 11.8 Å². The quantitative estimate of drug-likeness (QED) is 0.789. The van der Waals surface area contributed by atoms with Crippen molar-refractivity contribution in [3.63, 3.8) is 0 Å². The fraction of sp³-hybridized carbons (Fsp3) is 0.909. The minimum atomic E-state index is 0.241. The summed E-state index contributed by atoms with van der Waals surface area (Å²) in [5, 5.41) is 4.43. The fourth-order valence-corrected chi connectivity index (χ4v) is 4.09. The van der Waals surface area contributed by atoms with E-state index < -0.39 is 0 Å². The highest BCUT2D eigenvalue weighted by Crippen LogP contribution is 2.48. The predicted octanol–water partition coefficient (Wildman–Crippen LogP) is 2.56. The van der Waals surface area contributed by atoms with Gasteiger partial charge >= 0.3 is 0 Å². The van der Waals surface area contributed by atoms with Crippen molar-refractivity contribution in [2.75, 3.05) is 17.6 Å². The van der Waals surface area contributed by atoms with Crippen LogP contribution in [-0.2, 0) is 4.79 Å². The zero-order chi connectivity index (χ0) is 10.7. The molecular weight excluding hydrogens is 274 g/mol. The van der Waals surface area contributed by atoms with E-state index >= 15 is 0 Å². The molecular formula is C11H18BrNOS. The average Bonchev–Trinajstić information content (AvgIpc) is 2.81. The molecule has 1 saturated heterocycles. The van der Waals surface area contributed by atoms with Gasteiger partial charge in [-0.2, -0.15) is 0 Å². The highest BCUT2D eigenvalue weighted by molar-refractivity contribution is 9.09. The van der Waals surface area contributed by atoms with Crippen LogP contribution in [0.4, 0.5) is 0 Å². The van der Waals surface area contributed by atoms with E-state index in [0.29, 0.717) is 5.41 Å². The van der Waals surface area contributed by atoms with Crippen LogP contribution in [0.15, 0.2) is 0 Å². The van der Waals surface area contributed by atoms with Gasteiger partial charge in [-0.3, -0.25) is 4.79 Å². The number of thioether (sulfide) groups is 1. The van der Waals surface area contributed by atoms with E-state index in [4.69, 9.17) is 0 Å². The molecule has 2 aliphatic rings. The van der Waals surface area contributed by atoms with Gasteiger partial charge in [0, 0.05) is 11.9 Å². The second kappa shape index (κ2) is 5.09. The molecule has 0 spiro atoms. The normalized spacial score (nSPS) is 27.7. The number of carbonyl (C=O) groups excluding carboxylic acids is 1. The molecule has 0 bridgehead atoms. The molecule has 2 rings (SSSR count). The largest absolute Gasteiger partial charge is 0.355 e. The van der Waals surface area contributed by atoms with Crippen molar-refractivity contribution in [2.45, 2.75) is 37.4 Å². The Morgan fingerprint density at radius 3 is 2.87 bits per heavy atom. The molecule has 1 atom stereocenters. The lowest BCUT2D eigenvalue weighted by Crippen LogP contribution is -2.35. The zero-order valence-electron chi connectivity index (χ0n) is 8.93.